The number of aliphatic hydroxyl groups excluding tert-OH is 1. The molecule has 17 heavy (non-hydrogen) atoms. The van der Waals surface area contributed by atoms with Crippen molar-refractivity contribution in [2.45, 2.75) is 13.0 Å². The molecule has 0 saturated heterocycles. The maximum atomic E-state index is 9.94. The van der Waals surface area contributed by atoms with Gasteiger partial charge >= 0.3 is 0 Å². The molecule has 1 atom stereocenters. The number of benzene rings is 1. The molecule has 2 aromatic rings. The van der Waals surface area contributed by atoms with Crippen molar-refractivity contribution in [1.82, 2.24) is 5.16 Å². The van der Waals surface area contributed by atoms with Crippen molar-refractivity contribution in [3.8, 4) is 11.3 Å². The molecule has 0 aliphatic rings. The molecule has 1 N–H and O–H groups in total. The first kappa shape index (κ1) is 12.6. The third-order valence-electron chi connectivity index (χ3n) is 2.52. The van der Waals surface area contributed by atoms with Crippen molar-refractivity contribution in [3.63, 3.8) is 0 Å². The summed E-state index contributed by atoms with van der Waals surface area (Å²) in [4.78, 5) is 0. The molecule has 3 nitrogen and oxygen atoms in total. The van der Waals surface area contributed by atoms with Crippen molar-refractivity contribution in [2.75, 3.05) is 5.33 Å². The normalized spacial score (nSPS) is 12.7. The lowest BCUT2D eigenvalue weighted by Gasteiger charge is -2.08. The third-order valence-corrected chi connectivity index (χ3v) is 3.46. The zero-order valence-electron chi connectivity index (χ0n) is 9.15. The van der Waals surface area contributed by atoms with Crippen LogP contribution in [0.5, 0.6) is 0 Å². The molecule has 0 spiro atoms. The monoisotopic (exact) mass is 315 g/mol. The summed E-state index contributed by atoms with van der Waals surface area (Å²) in [7, 11) is 0. The number of nitrogens with zero attached hydrogens (tertiary/aromatic N) is 1. The molecule has 90 valence electrons. The van der Waals surface area contributed by atoms with Gasteiger partial charge in [0.25, 0.3) is 0 Å². The molecule has 1 heterocycles. The largest absolute Gasteiger partial charge is 0.387 e. The molecule has 0 fully saturated rings. The lowest BCUT2D eigenvalue weighted by Crippen LogP contribution is -2.01. The summed E-state index contributed by atoms with van der Waals surface area (Å²) in [6.07, 6.45) is -0.660. The summed E-state index contributed by atoms with van der Waals surface area (Å²) in [5.41, 5.74) is 2.04. The number of hydrogen-bond donors (Lipinski definition) is 1. The first-order chi connectivity index (χ1) is 8.15. The van der Waals surface area contributed by atoms with Gasteiger partial charge in [-0.05, 0) is 13.0 Å². The highest BCUT2D eigenvalue weighted by molar-refractivity contribution is 9.09. The Morgan fingerprint density at radius 1 is 1.47 bits per heavy atom. The predicted octanol–water partition coefficient (Wildman–Crippen LogP) is 3.73. The van der Waals surface area contributed by atoms with Gasteiger partial charge in [-0.2, -0.15) is 0 Å². The van der Waals surface area contributed by atoms with Crippen LogP contribution in [0.15, 0.2) is 28.8 Å². The highest BCUT2D eigenvalue weighted by Crippen LogP contribution is 2.34. The van der Waals surface area contributed by atoms with Crippen LogP contribution >= 0.6 is 27.5 Å². The zero-order valence-corrected chi connectivity index (χ0v) is 11.5. The van der Waals surface area contributed by atoms with Gasteiger partial charge in [-0.25, -0.2) is 0 Å². The van der Waals surface area contributed by atoms with Crippen LogP contribution in [0, 0.1) is 6.92 Å². The molecular weight excluding hydrogens is 305 g/mol. The number of aliphatic hydroxyl groups is 1. The molecule has 1 aromatic carbocycles. The highest BCUT2D eigenvalue weighted by atomic mass is 79.9. The lowest BCUT2D eigenvalue weighted by molar-refractivity contribution is 0.203. The van der Waals surface area contributed by atoms with E-state index in [1.807, 2.05) is 18.2 Å². The summed E-state index contributed by atoms with van der Waals surface area (Å²) in [6, 6.07) is 7.35. The minimum atomic E-state index is -0.660. The van der Waals surface area contributed by atoms with Crippen LogP contribution in [-0.4, -0.2) is 15.6 Å². The van der Waals surface area contributed by atoms with Gasteiger partial charge in [0.15, 0.2) is 0 Å². The molecular formula is C12H11BrClNO2. The average molecular weight is 317 g/mol. The van der Waals surface area contributed by atoms with Crippen LogP contribution in [0.2, 0.25) is 5.02 Å². The number of alkyl halides is 1. The van der Waals surface area contributed by atoms with Gasteiger partial charge in [-0.15, -0.1) is 0 Å². The van der Waals surface area contributed by atoms with E-state index in [-0.39, 0.29) is 0 Å². The maximum Gasteiger partial charge on any atom is 0.140 e. The summed E-state index contributed by atoms with van der Waals surface area (Å²) >= 11 is 9.36. The van der Waals surface area contributed by atoms with Gasteiger partial charge in [-0.1, -0.05) is 50.9 Å². The van der Waals surface area contributed by atoms with Gasteiger partial charge in [0.2, 0.25) is 0 Å². The highest BCUT2D eigenvalue weighted by Gasteiger charge is 2.22. The van der Waals surface area contributed by atoms with E-state index < -0.39 is 6.10 Å². The van der Waals surface area contributed by atoms with Crippen molar-refractivity contribution in [2.24, 2.45) is 0 Å². The molecule has 0 aliphatic heterocycles. The molecule has 0 saturated carbocycles. The van der Waals surface area contributed by atoms with E-state index in [1.165, 1.54) is 0 Å². The second-order valence-electron chi connectivity index (χ2n) is 3.65. The Bertz CT molecular complexity index is 527. The standard InChI is InChI=1S/C12H11BrClNO2/c1-7-11(10(16)6-13)12(15-17-7)8-4-2-3-5-9(8)14/h2-5,10,16H,6H2,1H3. The topological polar surface area (TPSA) is 46.3 Å². The number of rotatable bonds is 3. The predicted molar refractivity (Wildman–Crippen MR) is 70.4 cm³/mol. The first-order valence-corrected chi connectivity index (χ1v) is 6.60. The minimum Gasteiger partial charge on any atom is -0.387 e. The molecule has 1 aromatic heterocycles. The second-order valence-corrected chi connectivity index (χ2v) is 4.71. The summed E-state index contributed by atoms with van der Waals surface area (Å²) in [6.45, 7) is 1.77. The van der Waals surface area contributed by atoms with Crippen LogP contribution in [-0.2, 0) is 0 Å². The minimum absolute atomic E-state index is 0.423. The van der Waals surface area contributed by atoms with Gasteiger partial charge in [0.05, 0.1) is 16.7 Å². The van der Waals surface area contributed by atoms with Crippen LogP contribution in [0.4, 0.5) is 0 Å². The van der Waals surface area contributed by atoms with Crippen LogP contribution in [0.3, 0.4) is 0 Å². The van der Waals surface area contributed by atoms with E-state index in [2.05, 4.69) is 21.1 Å². The van der Waals surface area contributed by atoms with E-state index in [0.29, 0.717) is 27.4 Å². The summed E-state index contributed by atoms with van der Waals surface area (Å²) in [5, 5.41) is 14.9. The van der Waals surface area contributed by atoms with Crippen LogP contribution in [0.1, 0.15) is 17.4 Å². The molecule has 1 unspecified atom stereocenters. The number of hydrogen-bond acceptors (Lipinski definition) is 3. The van der Waals surface area contributed by atoms with Crippen LogP contribution < -0.4 is 0 Å². The SMILES string of the molecule is Cc1onc(-c2ccccc2Cl)c1C(O)CBr. The molecule has 0 amide bonds. The Balaban J connectivity index is 2.57. The number of aromatic nitrogens is 1. The fourth-order valence-electron chi connectivity index (χ4n) is 1.70. The second kappa shape index (κ2) is 5.21. The quantitative estimate of drug-likeness (QED) is 0.878. The average Bonchev–Trinajstić information content (AvgIpc) is 2.71. The molecule has 0 radical (unpaired) electrons. The Labute approximate surface area is 113 Å². The number of halogens is 2. The molecule has 5 heteroatoms. The fourth-order valence-corrected chi connectivity index (χ4v) is 2.25. The smallest absolute Gasteiger partial charge is 0.140 e. The molecule has 0 aliphatic carbocycles. The molecule has 0 bridgehead atoms. The van der Waals surface area contributed by atoms with Crippen molar-refractivity contribution < 1.29 is 9.63 Å². The maximum absolute atomic E-state index is 9.94. The van der Waals surface area contributed by atoms with Crippen molar-refractivity contribution >= 4 is 27.5 Å². The van der Waals surface area contributed by atoms with E-state index >= 15 is 0 Å². The van der Waals surface area contributed by atoms with E-state index in [4.69, 9.17) is 16.1 Å². The van der Waals surface area contributed by atoms with E-state index in [0.717, 1.165) is 5.56 Å². The Kier molecular flexibility index (Phi) is 3.86. The number of aryl methyl sites for hydroxylation is 1. The first-order valence-electron chi connectivity index (χ1n) is 5.10. The van der Waals surface area contributed by atoms with Crippen LogP contribution in [0.25, 0.3) is 11.3 Å². The summed E-state index contributed by atoms with van der Waals surface area (Å²) in [5.74, 6) is 0.604. The van der Waals surface area contributed by atoms with E-state index in [1.54, 1.807) is 13.0 Å². The Morgan fingerprint density at radius 3 is 2.82 bits per heavy atom. The van der Waals surface area contributed by atoms with Gasteiger partial charge < -0.3 is 9.63 Å². The van der Waals surface area contributed by atoms with Crippen molar-refractivity contribution in [1.29, 1.82) is 0 Å². The lowest BCUT2D eigenvalue weighted by atomic mass is 10.0. The van der Waals surface area contributed by atoms with Gasteiger partial charge in [0.1, 0.15) is 11.5 Å². The summed E-state index contributed by atoms with van der Waals surface area (Å²) < 4.78 is 5.14. The van der Waals surface area contributed by atoms with Crippen molar-refractivity contribution in [3.05, 3.63) is 40.6 Å². The fraction of sp³-hybridized carbons (Fsp3) is 0.250. The zero-order chi connectivity index (χ0) is 12.4. The van der Waals surface area contributed by atoms with E-state index in [9.17, 15) is 5.11 Å². The van der Waals surface area contributed by atoms with Gasteiger partial charge in [-0.3, -0.25) is 0 Å². The Morgan fingerprint density at radius 2 is 2.18 bits per heavy atom. The Hall–Kier alpha value is -0.840. The van der Waals surface area contributed by atoms with Gasteiger partial charge in [0, 0.05) is 10.9 Å². The third kappa shape index (κ3) is 2.39. The molecule has 2 rings (SSSR count).